The van der Waals surface area contributed by atoms with Crippen molar-refractivity contribution in [3.63, 3.8) is 0 Å². The number of nitrogens with zero attached hydrogens (tertiary/aromatic N) is 4. The number of rotatable bonds is 7. The molecule has 1 atom stereocenters. The van der Waals surface area contributed by atoms with E-state index in [0.717, 1.165) is 23.7 Å². The average molecular weight is 457 g/mol. The highest BCUT2D eigenvalue weighted by Gasteiger charge is 2.19. The summed E-state index contributed by atoms with van der Waals surface area (Å²) in [6.45, 7) is 3.38. The first-order valence-electron chi connectivity index (χ1n) is 10.9. The Hall–Kier alpha value is -3.01. The van der Waals surface area contributed by atoms with Crippen LogP contribution in [0.1, 0.15) is 40.5 Å². The van der Waals surface area contributed by atoms with Crippen LogP contribution in [0.2, 0.25) is 6.43 Å². The minimum absolute atomic E-state index is 0.0720. The molecule has 1 amide bonds. The van der Waals surface area contributed by atoms with E-state index in [-0.39, 0.29) is 18.3 Å². The fraction of sp³-hybridized carbons (Fsp3) is 0.364. The molecule has 3 heterocycles. The first-order valence-corrected chi connectivity index (χ1v) is 10.8. The van der Waals surface area contributed by atoms with Crippen LogP contribution in [0, 0.1) is 6.92 Å². The summed E-state index contributed by atoms with van der Waals surface area (Å²) < 4.78 is 15.4. The van der Waals surface area contributed by atoms with Gasteiger partial charge in [-0.2, -0.15) is 4.98 Å². The molecule has 4 rings (SSSR count). The van der Waals surface area contributed by atoms with E-state index in [2.05, 4.69) is 20.3 Å². The molecule has 1 aliphatic heterocycles. The molecule has 2 aromatic heterocycles. The lowest BCUT2D eigenvalue weighted by Crippen LogP contribution is -2.33. The normalized spacial score (nSPS) is 15.8. The number of carbonyl (C=O) groups is 1. The highest BCUT2D eigenvalue weighted by molar-refractivity contribution is 6.30. The summed E-state index contributed by atoms with van der Waals surface area (Å²) in [7, 11) is 0. The van der Waals surface area contributed by atoms with Crippen LogP contribution in [-0.4, -0.2) is 51.2 Å². The molecule has 168 valence electrons. The van der Waals surface area contributed by atoms with E-state index in [1.807, 2.05) is 6.92 Å². The van der Waals surface area contributed by atoms with E-state index in [9.17, 15) is 4.79 Å². The van der Waals surface area contributed by atoms with Crippen molar-refractivity contribution in [1.29, 1.82) is 0 Å². The van der Waals surface area contributed by atoms with Crippen LogP contribution >= 0.6 is 11.6 Å². The highest BCUT2D eigenvalue weighted by Crippen LogP contribution is 2.19. The molecule has 1 saturated heterocycles. The molecule has 10 heteroatoms. The SMILES string of the molecule is [2H]N(C(=O)c1cn(-c2nc(NC3CCOCC3)ncc2C)cn1)[C@H](CN)c1cccc(Cl)c1. The van der Waals surface area contributed by atoms with Gasteiger partial charge in [0.05, 0.1) is 6.04 Å². The van der Waals surface area contributed by atoms with Gasteiger partial charge >= 0.3 is 0 Å². The third-order valence-electron chi connectivity index (χ3n) is 5.28. The van der Waals surface area contributed by atoms with Gasteiger partial charge in [-0.1, -0.05) is 23.7 Å². The third-order valence-corrected chi connectivity index (χ3v) is 5.51. The number of aromatic nitrogens is 4. The number of nitrogens with two attached hydrogens (primary N) is 1. The van der Waals surface area contributed by atoms with Crippen LogP contribution in [0.25, 0.3) is 5.82 Å². The van der Waals surface area contributed by atoms with E-state index in [0.29, 0.717) is 35.6 Å². The van der Waals surface area contributed by atoms with Crippen LogP contribution in [-0.2, 0) is 4.74 Å². The van der Waals surface area contributed by atoms with Gasteiger partial charge in [-0.05, 0) is 37.5 Å². The van der Waals surface area contributed by atoms with Crippen molar-refractivity contribution in [2.75, 3.05) is 25.1 Å². The minimum Gasteiger partial charge on any atom is -0.381 e. The fourth-order valence-corrected chi connectivity index (χ4v) is 3.72. The first-order chi connectivity index (χ1) is 16.0. The molecular formula is C22H26ClN7O2. The summed E-state index contributed by atoms with van der Waals surface area (Å²) in [6, 6.07) is 6.57. The predicted molar refractivity (Wildman–Crippen MR) is 122 cm³/mol. The number of benzene rings is 1. The number of anilines is 1. The summed E-state index contributed by atoms with van der Waals surface area (Å²) >= 11 is 6.06. The molecule has 1 aliphatic rings. The van der Waals surface area contributed by atoms with E-state index in [1.165, 1.54) is 6.33 Å². The van der Waals surface area contributed by atoms with Gasteiger partial charge in [0.15, 0.2) is 1.41 Å². The molecule has 0 spiro atoms. The number of nitrogens with one attached hydrogen (secondary N) is 2. The topological polar surface area (TPSA) is 120 Å². The summed E-state index contributed by atoms with van der Waals surface area (Å²) in [6.07, 6.45) is 6.58. The van der Waals surface area contributed by atoms with Gasteiger partial charge in [-0.3, -0.25) is 9.36 Å². The largest absolute Gasteiger partial charge is 0.381 e. The number of imidazole rings is 1. The molecule has 4 N–H and O–H groups in total. The maximum atomic E-state index is 13.0. The Morgan fingerprint density at radius 2 is 2.22 bits per heavy atom. The first kappa shape index (κ1) is 20.9. The molecule has 0 aliphatic carbocycles. The van der Waals surface area contributed by atoms with Gasteiger partial charge < -0.3 is 21.1 Å². The smallest absolute Gasteiger partial charge is 0.272 e. The van der Waals surface area contributed by atoms with Crippen LogP contribution in [0.15, 0.2) is 43.0 Å². The van der Waals surface area contributed by atoms with Gasteiger partial charge in [0, 0.05) is 48.8 Å². The van der Waals surface area contributed by atoms with Gasteiger partial charge in [0.1, 0.15) is 17.8 Å². The summed E-state index contributed by atoms with van der Waals surface area (Å²) in [5, 5.41) is 4.70. The van der Waals surface area contributed by atoms with Crippen LogP contribution in [0.5, 0.6) is 0 Å². The zero-order chi connectivity index (χ0) is 23.4. The van der Waals surface area contributed by atoms with Crippen LogP contribution in [0.4, 0.5) is 5.95 Å². The molecule has 32 heavy (non-hydrogen) atoms. The highest BCUT2D eigenvalue weighted by atomic mass is 35.5. The number of aryl methyl sites for hydroxylation is 1. The zero-order valence-corrected chi connectivity index (χ0v) is 18.5. The second-order valence-corrected chi connectivity index (χ2v) is 8.07. The fourth-order valence-electron chi connectivity index (χ4n) is 3.52. The molecule has 1 fully saturated rings. The molecule has 3 aromatic rings. The van der Waals surface area contributed by atoms with Crippen molar-refractivity contribution >= 4 is 23.5 Å². The summed E-state index contributed by atoms with van der Waals surface area (Å²) in [5.41, 5.74) is 7.49. The van der Waals surface area contributed by atoms with Crippen molar-refractivity contribution < 1.29 is 10.9 Å². The quantitative estimate of drug-likeness (QED) is 0.499. The standard InChI is InChI=1S/C22H26ClN7O2/c1-14-11-25-22(27-17-5-7-32-8-6-17)29-20(14)30-12-19(26-13-30)21(31)28-18(10-24)15-3-2-4-16(23)9-15/h2-4,9,11-13,17-18H,5-8,10,24H2,1H3,(H,28,31)(H,25,27,29)/t18-/m1/s1/i/hD. The van der Waals surface area contributed by atoms with E-state index in [1.54, 1.807) is 41.2 Å². The molecule has 0 bridgehead atoms. The Balaban J connectivity index is 1.53. The molecule has 0 radical (unpaired) electrons. The average Bonchev–Trinajstić information content (AvgIpc) is 3.31. The van der Waals surface area contributed by atoms with Crippen LogP contribution in [0.3, 0.4) is 0 Å². The number of amides is 1. The second-order valence-electron chi connectivity index (χ2n) is 7.64. The molecule has 1 aromatic carbocycles. The number of ether oxygens (including phenoxy) is 1. The van der Waals surface area contributed by atoms with Crippen molar-refractivity contribution in [3.8, 4) is 5.82 Å². The van der Waals surface area contributed by atoms with Crippen LogP contribution < -0.4 is 16.4 Å². The maximum Gasteiger partial charge on any atom is 0.272 e. The number of hydrogen-bond donors (Lipinski definition) is 3. The van der Waals surface area contributed by atoms with Gasteiger partial charge in [-0.25, -0.2) is 9.97 Å². The lowest BCUT2D eigenvalue weighted by molar-refractivity contribution is 0.0903. The van der Waals surface area contributed by atoms with Gasteiger partial charge in [0.2, 0.25) is 5.95 Å². The Kier molecular flexibility index (Phi) is 6.57. The number of carbonyl (C=O) groups excluding carboxylic acids is 1. The van der Waals surface area contributed by atoms with Crippen molar-refractivity contribution in [2.45, 2.75) is 31.8 Å². The van der Waals surface area contributed by atoms with E-state index < -0.39 is 11.9 Å². The molecule has 0 unspecified atom stereocenters. The summed E-state index contributed by atoms with van der Waals surface area (Å²) in [4.78, 5) is 26.2. The predicted octanol–water partition coefficient (Wildman–Crippen LogP) is 2.64. The number of halogens is 1. The van der Waals surface area contributed by atoms with Crippen molar-refractivity contribution in [3.05, 3.63) is 64.8 Å². The van der Waals surface area contributed by atoms with Crippen molar-refractivity contribution in [2.24, 2.45) is 5.73 Å². The minimum atomic E-state index is -0.655. The Bertz CT molecular complexity index is 1120. The number of hydrogen-bond acceptors (Lipinski definition) is 7. The summed E-state index contributed by atoms with van der Waals surface area (Å²) in [5.74, 6) is 0.541. The molecule has 9 nitrogen and oxygen atoms in total. The maximum absolute atomic E-state index is 13.0. The van der Waals surface area contributed by atoms with E-state index in [4.69, 9.17) is 23.5 Å². The molecule has 0 saturated carbocycles. The van der Waals surface area contributed by atoms with Gasteiger partial charge in [-0.15, -0.1) is 0 Å². The van der Waals surface area contributed by atoms with Gasteiger partial charge in [0.25, 0.3) is 5.91 Å². The lowest BCUT2D eigenvalue weighted by atomic mass is 10.1. The van der Waals surface area contributed by atoms with Crippen molar-refractivity contribution in [1.82, 2.24) is 24.8 Å². The molecular weight excluding hydrogens is 430 g/mol. The van der Waals surface area contributed by atoms with E-state index >= 15 is 0 Å². The third kappa shape index (κ3) is 5.24. The Morgan fingerprint density at radius 1 is 1.41 bits per heavy atom. The second kappa shape index (κ2) is 10.1. The Labute approximate surface area is 192 Å². The Morgan fingerprint density at radius 3 is 2.97 bits per heavy atom. The lowest BCUT2D eigenvalue weighted by Gasteiger charge is -2.23. The monoisotopic (exact) mass is 456 g/mol. The zero-order valence-electron chi connectivity index (χ0n) is 18.7.